The maximum Gasteiger partial charge on any atom is 0.228 e. The molecule has 0 saturated carbocycles. The summed E-state index contributed by atoms with van der Waals surface area (Å²) in [5.74, 6) is -0.307. The Morgan fingerprint density at radius 3 is 2.57 bits per heavy atom. The highest BCUT2D eigenvalue weighted by Gasteiger charge is 1.90. The Morgan fingerprint density at radius 2 is 2.43 bits per heavy atom. The zero-order valence-electron chi connectivity index (χ0n) is 3.46. The molecule has 0 bridgehead atoms. The fourth-order valence-corrected chi connectivity index (χ4v) is 0.810. The monoisotopic (exact) mass is 137 g/mol. The summed E-state index contributed by atoms with van der Waals surface area (Å²) >= 11 is 0.958. The fourth-order valence-electron chi connectivity index (χ4n) is 0.0900. The molecule has 3 nitrogen and oxygen atoms in total. The van der Waals surface area contributed by atoms with Crippen molar-refractivity contribution in [3.05, 3.63) is 0 Å². The molecule has 0 spiro atoms. The third kappa shape index (κ3) is 5.92. The molecule has 0 aromatic rings. The van der Waals surface area contributed by atoms with Gasteiger partial charge in [-0.3, -0.25) is 9.36 Å². The van der Waals surface area contributed by atoms with Crippen LogP contribution in [0, 0.1) is 0 Å². The summed E-state index contributed by atoms with van der Waals surface area (Å²) in [5.41, 5.74) is 4.68. The van der Waals surface area contributed by atoms with Crippen molar-refractivity contribution in [3.8, 4) is 0 Å². The van der Waals surface area contributed by atoms with Crippen LogP contribution >= 0.6 is 19.0 Å². The van der Waals surface area contributed by atoms with Gasteiger partial charge in [0.25, 0.3) is 0 Å². The molecule has 5 heteroatoms. The van der Waals surface area contributed by atoms with Crippen molar-refractivity contribution in [2.24, 2.45) is 5.73 Å². The van der Waals surface area contributed by atoms with Crippen LogP contribution in [0.5, 0.6) is 0 Å². The summed E-state index contributed by atoms with van der Waals surface area (Å²) in [6.45, 7) is 0. The highest BCUT2D eigenvalue weighted by molar-refractivity contribution is 8.46. The smallest absolute Gasteiger partial charge is 0.228 e. The van der Waals surface area contributed by atoms with Crippen molar-refractivity contribution in [1.82, 2.24) is 0 Å². The predicted molar refractivity (Wildman–Crippen MR) is 29.3 cm³/mol. The van der Waals surface area contributed by atoms with E-state index >= 15 is 0 Å². The van der Waals surface area contributed by atoms with E-state index in [1.54, 1.807) is 0 Å². The highest BCUT2D eigenvalue weighted by atomic mass is 32.7. The minimum atomic E-state index is -0.437. The zero-order chi connectivity index (χ0) is 5.70. The summed E-state index contributed by atoms with van der Waals surface area (Å²) < 4.78 is 9.56. The van der Waals surface area contributed by atoms with Crippen LogP contribution in [0.2, 0.25) is 0 Å². The van der Waals surface area contributed by atoms with E-state index in [0.717, 1.165) is 11.4 Å². The topological polar surface area (TPSA) is 60.2 Å². The van der Waals surface area contributed by atoms with Crippen LogP contribution in [0.1, 0.15) is 0 Å². The Bertz CT molecular complexity index is 85.8. The Labute approximate surface area is 46.6 Å². The molecule has 0 heterocycles. The molecule has 0 rings (SSSR count). The minimum Gasteiger partial charge on any atom is -0.369 e. The van der Waals surface area contributed by atoms with Gasteiger partial charge in [0.05, 0.1) is 5.75 Å². The highest BCUT2D eigenvalue weighted by Crippen LogP contribution is 2.14. The fraction of sp³-hybridized carbons (Fsp3) is 0.500. The maximum absolute atomic E-state index is 9.82. The summed E-state index contributed by atoms with van der Waals surface area (Å²) in [6, 6.07) is 0. The van der Waals surface area contributed by atoms with Gasteiger partial charge in [-0.2, -0.15) is 0 Å². The van der Waals surface area contributed by atoms with Crippen LogP contribution in [0.3, 0.4) is 0 Å². The molecule has 0 aliphatic carbocycles. The number of primary amides is 1. The molecule has 0 aliphatic heterocycles. The normalized spacial score (nSPS) is 9.14. The average Bonchev–Trinajstić information content (AvgIpc) is 1.61. The number of hydrogen-bond acceptors (Lipinski definition) is 3. The van der Waals surface area contributed by atoms with E-state index in [4.69, 9.17) is 0 Å². The molecule has 7 heavy (non-hydrogen) atoms. The summed E-state index contributed by atoms with van der Waals surface area (Å²) in [6.07, 6.45) is 0. The molecule has 0 aliphatic rings. The lowest BCUT2D eigenvalue weighted by molar-refractivity contribution is -0.115. The molecule has 40 valence electrons. The van der Waals surface area contributed by atoms with E-state index in [-0.39, 0.29) is 13.4 Å². The van der Waals surface area contributed by atoms with Gasteiger partial charge in [0.1, 0.15) is 0 Å². The van der Waals surface area contributed by atoms with Crippen LogP contribution in [0.15, 0.2) is 0 Å². The second-order valence-corrected chi connectivity index (χ2v) is 2.73. The molecule has 0 radical (unpaired) electrons. The second kappa shape index (κ2) is 4.09. The third-order valence-electron chi connectivity index (χ3n) is 0.260. The quantitative estimate of drug-likeness (QED) is 0.573. The van der Waals surface area contributed by atoms with Gasteiger partial charge in [-0.05, 0) is 11.4 Å². The SMILES string of the molecule is NC(=O)CSP=O. The van der Waals surface area contributed by atoms with Gasteiger partial charge < -0.3 is 5.73 Å². The summed E-state index contributed by atoms with van der Waals surface area (Å²) in [7, 11) is -0.0939. The molecule has 0 atom stereocenters. The lowest BCUT2D eigenvalue weighted by Crippen LogP contribution is -2.11. The summed E-state index contributed by atoms with van der Waals surface area (Å²) in [4.78, 5) is 9.82. The Hall–Kier alpha value is -0.0800. The van der Waals surface area contributed by atoms with Crippen molar-refractivity contribution in [2.75, 3.05) is 5.75 Å². The van der Waals surface area contributed by atoms with Crippen LogP contribution in [0.4, 0.5) is 0 Å². The largest absolute Gasteiger partial charge is 0.369 e. The number of amides is 1. The van der Waals surface area contributed by atoms with Gasteiger partial charge in [-0.15, -0.1) is 0 Å². The number of hydrogen-bond donors (Lipinski definition) is 1. The Balaban J connectivity index is 2.97. The van der Waals surface area contributed by atoms with E-state index in [1.165, 1.54) is 0 Å². The lowest BCUT2D eigenvalue weighted by atomic mass is 10.8. The molecule has 2 N–H and O–H groups in total. The molecule has 1 amide bonds. The molecular formula is C2H4NO2PS. The Morgan fingerprint density at radius 1 is 1.86 bits per heavy atom. The van der Waals surface area contributed by atoms with Crippen LogP contribution < -0.4 is 5.73 Å². The summed E-state index contributed by atoms with van der Waals surface area (Å²) in [5, 5.41) is 0. The van der Waals surface area contributed by atoms with Crippen molar-refractivity contribution in [2.45, 2.75) is 0 Å². The van der Waals surface area contributed by atoms with E-state index in [0.29, 0.717) is 0 Å². The number of carbonyl (C=O) groups is 1. The third-order valence-corrected chi connectivity index (χ3v) is 1.48. The first-order chi connectivity index (χ1) is 3.27. The van der Waals surface area contributed by atoms with Crippen LogP contribution in [-0.4, -0.2) is 11.7 Å². The molecule has 0 fully saturated rings. The number of nitrogens with two attached hydrogens (primary N) is 1. The first-order valence-electron chi connectivity index (χ1n) is 1.50. The minimum absolute atomic E-state index is 0.0939. The Kier molecular flexibility index (Phi) is 4.04. The molecular weight excluding hydrogens is 133 g/mol. The van der Waals surface area contributed by atoms with Gasteiger partial charge in [0, 0.05) is 0 Å². The molecule has 0 aromatic carbocycles. The van der Waals surface area contributed by atoms with Crippen molar-refractivity contribution in [3.63, 3.8) is 0 Å². The van der Waals surface area contributed by atoms with Crippen molar-refractivity contribution >= 4 is 25.0 Å². The van der Waals surface area contributed by atoms with Crippen molar-refractivity contribution in [1.29, 1.82) is 0 Å². The number of carbonyl (C=O) groups excluding carboxylic acids is 1. The van der Waals surface area contributed by atoms with E-state index < -0.39 is 5.91 Å². The lowest BCUT2D eigenvalue weighted by Gasteiger charge is -1.79. The molecule has 0 aromatic heterocycles. The van der Waals surface area contributed by atoms with Crippen LogP contribution in [0.25, 0.3) is 0 Å². The second-order valence-electron chi connectivity index (χ2n) is 0.814. The van der Waals surface area contributed by atoms with Gasteiger partial charge in [-0.25, -0.2) is 0 Å². The van der Waals surface area contributed by atoms with E-state index in [9.17, 15) is 9.36 Å². The van der Waals surface area contributed by atoms with Gasteiger partial charge >= 0.3 is 0 Å². The number of rotatable bonds is 3. The van der Waals surface area contributed by atoms with E-state index in [1.807, 2.05) is 0 Å². The zero-order valence-corrected chi connectivity index (χ0v) is 5.17. The molecule has 0 unspecified atom stereocenters. The van der Waals surface area contributed by atoms with Crippen LogP contribution in [-0.2, 0) is 9.36 Å². The van der Waals surface area contributed by atoms with E-state index in [2.05, 4.69) is 5.73 Å². The predicted octanol–water partition coefficient (Wildman–Crippen LogP) is 0.412. The maximum atomic E-state index is 9.82. The first kappa shape index (κ1) is 6.92. The van der Waals surface area contributed by atoms with Gasteiger partial charge in [0.15, 0.2) is 0 Å². The van der Waals surface area contributed by atoms with Gasteiger partial charge in [-0.1, -0.05) is 0 Å². The average molecular weight is 137 g/mol. The standard InChI is InChI=1S/C2H4NO2PS/c3-2(4)1-7-6-5/h1H2,(H2,3,4). The van der Waals surface area contributed by atoms with Gasteiger partial charge in [0.2, 0.25) is 13.6 Å². The first-order valence-corrected chi connectivity index (χ1v) is 3.90. The van der Waals surface area contributed by atoms with Crippen molar-refractivity contribution < 1.29 is 9.36 Å². The molecule has 0 saturated heterocycles.